The number of nitrogens with two attached hydrogens (primary N) is 1. The molecule has 0 saturated heterocycles. The van der Waals surface area contributed by atoms with Crippen LogP contribution in [0, 0.1) is 20.8 Å². The normalized spacial score (nSPS) is 10.8. The van der Waals surface area contributed by atoms with Gasteiger partial charge in [0.25, 0.3) is 0 Å². The van der Waals surface area contributed by atoms with E-state index in [1.165, 1.54) is 5.56 Å². The van der Waals surface area contributed by atoms with Crippen LogP contribution >= 0.6 is 0 Å². The Kier molecular flexibility index (Phi) is 3.90. The summed E-state index contributed by atoms with van der Waals surface area (Å²) in [5.74, 6) is 0.896. The molecule has 0 bridgehead atoms. The maximum atomic E-state index is 5.76. The lowest BCUT2D eigenvalue weighted by Crippen LogP contribution is -2.07. The number of hydrogen-bond donors (Lipinski definition) is 1. The Labute approximate surface area is 114 Å². The molecule has 2 rings (SSSR count). The molecule has 0 aliphatic heterocycles. The van der Waals surface area contributed by atoms with Gasteiger partial charge in [0.1, 0.15) is 5.75 Å². The molecule has 102 valence electrons. The Bertz CT molecular complexity index is 587. The highest BCUT2D eigenvalue weighted by Crippen LogP contribution is 2.22. The van der Waals surface area contributed by atoms with E-state index in [9.17, 15) is 0 Å². The van der Waals surface area contributed by atoms with Crippen LogP contribution in [0.3, 0.4) is 0 Å². The first kappa shape index (κ1) is 13.6. The minimum Gasteiger partial charge on any atom is -0.496 e. The zero-order chi connectivity index (χ0) is 14.0. The fraction of sp³-hybridized carbons (Fsp3) is 0.400. The van der Waals surface area contributed by atoms with Crippen molar-refractivity contribution in [3.05, 3.63) is 46.3 Å². The number of benzene rings is 1. The van der Waals surface area contributed by atoms with Crippen LogP contribution in [0.2, 0.25) is 0 Å². The Morgan fingerprint density at radius 3 is 2.58 bits per heavy atom. The van der Waals surface area contributed by atoms with Crippen LogP contribution in [0.4, 0.5) is 0 Å². The Morgan fingerprint density at radius 2 is 2.00 bits per heavy atom. The molecule has 0 saturated carbocycles. The third kappa shape index (κ3) is 2.63. The van der Waals surface area contributed by atoms with Gasteiger partial charge < -0.3 is 10.5 Å². The molecule has 1 aromatic carbocycles. The van der Waals surface area contributed by atoms with Crippen LogP contribution in [0.25, 0.3) is 0 Å². The van der Waals surface area contributed by atoms with Crippen LogP contribution in [0.15, 0.2) is 18.2 Å². The third-order valence-corrected chi connectivity index (χ3v) is 3.49. The highest BCUT2D eigenvalue weighted by Gasteiger charge is 2.12. The lowest BCUT2D eigenvalue weighted by atomic mass is 10.1. The van der Waals surface area contributed by atoms with E-state index in [0.29, 0.717) is 13.1 Å². The topological polar surface area (TPSA) is 53.1 Å². The molecule has 0 unspecified atom stereocenters. The molecule has 0 aliphatic carbocycles. The molecule has 0 radical (unpaired) electrons. The second-order valence-corrected chi connectivity index (χ2v) is 4.83. The quantitative estimate of drug-likeness (QED) is 0.916. The highest BCUT2D eigenvalue weighted by molar-refractivity contribution is 5.37. The first-order valence-electron chi connectivity index (χ1n) is 6.43. The Balaban J connectivity index is 2.38. The summed E-state index contributed by atoms with van der Waals surface area (Å²) in [6.07, 6.45) is 0. The number of aryl methyl sites for hydroxylation is 2. The van der Waals surface area contributed by atoms with Crippen LogP contribution in [-0.4, -0.2) is 16.9 Å². The van der Waals surface area contributed by atoms with Crippen LogP contribution in [-0.2, 0) is 13.1 Å². The molecule has 0 spiro atoms. The lowest BCUT2D eigenvalue weighted by molar-refractivity contribution is 0.407. The molecule has 2 aromatic rings. The molecule has 0 fully saturated rings. The number of methoxy groups -OCH3 is 1. The number of ether oxygens (including phenoxy) is 1. The lowest BCUT2D eigenvalue weighted by Gasteiger charge is -2.11. The second kappa shape index (κ2) is 5.45. The number of nitrogens with zero attached hydrogens (tertiary/aromatic N) is 2. The average Bonchev–Trinajstić information content (AvgIpc) is 2.64. The van der Waals surface area contributed by atoms with Gasteiger partial charge in [-0.1, -0.05) is 17.7 Å². The van der Waals surface area contributed by atoms with E-state index in [0.717, 1.165) is 28.3 Å². The standard InChI is InChI=1S/C15H21N3O/c1-10-5-6-15(19-4)13(7-10)9-18-12(3)14(8-16)11(2)17-18/h5-7H,8-9,16H2,1-4H3. The van der Waals surface area contributed by atoms with Gasteiger partial charge in [0.05, 0.1) is 19.3 Å². The van der Waals surface area contributed by atoms with Gasteiger partial charge in [-0.2, -0.15) is 5.10 Å². The first-order valence-corrected chi connectivity index (χ1v) is 6.43. The third-order valence-electron chi connectivity index (χ3n) is 3.49. The number of aromatic nitrogens is 2. The highest BCUT2D eigenvalue weighted by atomic mass is 16.5. The molecule has 0 atom stereocenters. The van der Waals surface area contributed by atoms with Crippen molar-refractivity contribution >= 4 is 0 Å². The fourth-order valence-electron chi connectivity index (χ4n) is 2.38. The van der Waals surface area contributed by atoms with E-state index >= 15 is 0 Å². The van der Waals surface area contributed by atoms with Gasteiger partial charge in [-0.05, 0) is 26.8 Å². The summed E-state index contributed by atoms with van der Waals surface area (Å²) in [6, 6.07) is 6.19. The van der Waals surface area contributed by atoms with E-state index < -0.39 is 0 Å². The van der Waals surface area contributed by atoms with Gasteiger partial charge in [-0.3, -0.25) is 4.68 Å². The molecule has 4 nitrogen and oxygen atoms in total. The van der Waals surface area contributed by atoms with E-state index in [-0.39, 0.29) is 0 Å². The molecule has 19 heavy (non-hydrogen) atoms. The first-order chi connectivity index (χ1) is 9.06. The summed E-state index contributed by atoms with van der Waals surface area (Å²) in [5.41, 5.74) is 11.4. The molecule has 0 amide bonds. The van der Waals surface area contributed by atoms with Gasteiger partial charge in [0.15, 0.2) is 0 Å². The molecular weight excluding hydrogens is 238 g/mol. The van der Waals surface area contributed by atoms with Crippen molar-refractivity contribution in [1.82, 2.24) is 9.78 Å². The van der Waals surface area contributed by atoms with Crippen LogP contribution < -0.4 is 10.5 Å². The predicted octanol–water partition coefficient (Wildman–Crippen LogP) is 2.32. The van der Waals surface area contributed by atoms with E-state index in [4.69, 9.17) is 10.5 Å². The maximum Gasteiger partial charge on any atom is 0.123 e. The smallest absolute Gasteiger partial charge is 0.123 e. The second-order valence-electron chi connectivity index (χ2n) is 4.83. The zero-order valence-electron chi connectivity index (χ0n) is 12.0. The Morgan fingerprint density at radius 1 is 1.26 bits per heavy atom. The largest absolute Gasteiger partial charge is 0.496 e. The average molecular weight is 259 g/mol. The summed E-state index contributed by atoms with van der Waals surface area (Å²) in [6.45, 7) is 7.37. The summed E-state index contributed by atoms with van der Waals surface area (Å²) in [5, 5.41) is 4.56. The maximum absolute atomic E-state index is 5.76. The van der Waals surface area contributed by atoms with Gasteiger partial charge in [0.2, 0.25) is 0 Å². The zero-order valence-corrected chi connectivity index (χ0v) is 12.0. The molecule has 1 heterocycles. The van der Waals surface area contributed by atoms with Crippen molar-refractivity contribution in [1.29, 1.82) is 0 Å². The predicted molar refractivity (Wildman–Crippen MR) is 76.4 cm³/mol. The minimum atomic E-state index is 0.530. The molecule has 1 aromatic heterocycles. The van der Waals surface area contributed by atoms with Gasteiger partial charge >= 0.3 is 0 Å². The molecule has 2 N–H and O–H groups in total. The van der Waals surface area contributed by atoms with Gasteiger partial charge in [-0.15, -0.1) is 0 Å². The van der Waals surface area contributed by atoms with Crippen molar-refractivity contribution in [2.45, 2.75) is 33.9 Å². The van der Waals surface area contributed by atoms with E-state index in [1.807, 2.05) is 17.7 Å². The number of rotatable bonds is 4. The SMILES string of the molecule is COc1ccc(C)cc1Cn1nc(C)c(CN)c1C. The Hall–Kier alpha value is -1.81. The van der Waals surface area contributed by atoms with Crippen molar-refractivity contribution in [2.24, 2.45) is 5.73 Å². The molecular formula is C15H21N3O. The van der Waals surface area contributed by atoms with Crippen molar-refractivity contribution in [2.75, 3.05) is 7.11 Å². The van der Waals surface area contributed by atoms with E-state index in [1.54, 1.807) is 7.11 Å². The van der Waals surface area contributed by atoms with Crippen molar-refractivity contribution in [3.63, 3.8) is 0 Å². The van der Waals surface area contributed by atoms with Gasteiger partial charge in [0, 0.05) is 23.4 Å². The van der Waals surface area contributed by atoms with Crippen LogP contribution in [0.5, 0.6) is 5.75 Å². The van der Waals surface area contributed by atoms with Crippen LogP contribution in [0.1, 0.15) is 28.1 Å². The van der Waals surface area contributed by atoms with E-state index in [2.05, 4.69) is 31.1 Å². The number of hydrogen-bond acceptors (Lipinski definition) is 3. The summed E-state index contributed by atoms with van der Waals surface area (Å²) in [4.78, 5) is 0. The molecule has 0 aliphatic rings. The van der Waals surface area contributed by atoms with Crippen molar-refractivity contribution < 1.29 is 4.74 Å². The minimum absolute atomic E-state index is 0.530. The summed E-state index contributed by atoms with van der Waals surface area (Å²) in [7, 11) is 1.70. The summed E-state index contributed by atoms with van der Waals surface area (Å²) >= 11 is 0. The molecule has 4 heteroatoms. The van der Waals surface area contributed by atoms with Crippen molar-refractivity contribution in [3.8, 4) is 5.75 Å². The monoisotopic (exact) mass is 259 g/mol. The fourth-order valence-corrected chi connectivity index (χ4v) is 2.38. The van der Waals surface area contributed by atoms with Gasteiger partial charge in [-0.25, -0.2) is 0 Å². The summed E-state index contributed by atoms with van der Waals surface area (Å²) < 4.78 is 7.40.